The Labute approximate surface area is 193 Å². The molecule has 5 rings (SSSR count). The summed E-state index contributed by atoms with van der Waals surface area (Å²) < 4.78 is 32.2. The molecule has 0 unspecified atom stereocenters. The Morgan fingerprint density at radius 1 is 1.12 bits per heavy atom. The maximum atomic E-state index is 12.7. The van der Waals surface area contributed by atoms with Gasteiger partial charge in [-0.3, -0.25) is 0 Å². The maximum Gasteiger partial charge on any atom is 0.241 e. The van der Waals surface area contributed by atoms with Crippen molar-refractivity contribution >= 4 is 38.4 Å². The van der Waals surface area contributed by atoms with Crippen LogP contribution in [0.25, 0.3) is 11.2 Å². The Hall–Kier alpha value is -2.98. The van der Waals surface area contributed by atoms with Crippen LogP contribution in [-0.4, -0.2) is 66.7 Å². The average molecular weight is 469 g/mol. The van der Waals surface area contributed by atoms with Crippen LogP contribution in [0.15, 0.2) is 41.8 Å². The second-order valence-electron chi connectivity index (χ2n) is 8.36. The molecule has 0 aliphatic carbocycles. The van der Waals surface area contributed by atoms with Crippen molar-refractivity contribution in [2.45, 2.75) is 26.7 Å². The Kier molecular flexibility index (Phi) is 5.79. The molecule has 0 amide bonds. The summed E-state index contributed by atoms with van der Waals surface area (Å²) in [4.78, 5) is 11.4. The van der Waals surface area contributed by atoms with E-state index in [9.17, 15) is 8.42 Å². The number of anilines is 2. The van der Waals surface area contributed by atoms with E-state index in [0.29, 0.717) is 49.8 Å². The van der Waals surface area contributed by atoms with E-state index in [1.807, 2.05) is 17.1 Å². The lowest BCUT2D eigenvalue weighted by Crippen LogP contribution is -2.36. The predicted octanol–water partition coefficient (Wildman–Crippen LogP) is 2.78. The molecule has 0 N–H and O–H groups in total. The minimum absolute atomic E-state index is 0.0311. The Morgan fingerprint density at radius 3 is 2.70 bits per heavy atom. The van der Waals surface area contributed by atoms with Gasteiger partial charge in [0.2, 0.25) is 10.0 Å². The number of rotatable bonds is 5. The van der Waals surface area contributed by atoms with Crippen molar-refractivity contribution in [3.05, 3.63) is 47.8 Å². The first-order chi connectivity index (χ1) is 16.0. The summed E-state index contributed by atoms with van der Waals surface area (Å²) >= 11 is 0. The molecule has 1 aromatic carbocycles. The molecular weight excluding hydrogens is 440 g/mol. The molecule has 33 heavy (non-hydrogen) atoms. The summed E-state index contributed by atoms with van der Waals surface area (Å²) in [6.45, 7) is 7.07. The van der Waals surface area contributed by atoms with Crippen LogP contribution >= 0.6 is 0 Å². The van der Waals surface area contributed by atoms with Gasteiger partial charge in [-0.25, -0.2) is 27.4 Å². The van der Waals surface area contributed by atoms with Crippen LogP contribution in [0.1, 0.15) is 30.9 Å². The summed E-state index contributed by atoms with van der Waals surface area (Å²) in [6.07, 6.45) is 3.19. The quantitative estimate of drug-likeness (QED) is 0.568. The first-order valence-corrected chi connectivity index (χ1v) is 12.9. The summed E-state index contributed by atoms with van der Waals surface area (Å²) in [5.41, 5.74) is 5.09. The van der Waals surface area contributed by atoms with E-state index in [1.54, 1.807) is 6.92 Å². The number of aromatic nitrogens is 3. The largest absolute Gasteiger partial charge is 0.378 e. The number of ether oxygens (including phenoxy) is 1. The molecule has 0 saturated carbocycles. The van der Waals surface area contributed by atoms with Gasteiger partial charge in [-0.1, -0.05) is 29.8 Å². The summed E-state index contributed by atoms with van der Waals surface area (Å²) in [5, 5.41) is 6.81. The molecule has 1 fully saturated rings. The highest BCUT2D eigenvalue weighted by molar-refractivity contribution is 7.90. The molecule has 2 aliphatic rings. The molecule has 0 bridgehead atoms. The third kappa shape index (κ3) is 4.20. The number of hydrogen-bond donors (Lipinski definition) is 0. The van der Waals surface area contributed by atoms with Gasteiger partial charge in [0.25, 0.3) is 0 Å². The number of nitrogens with zero attached hydrogens (tertiary/aromatic N) is 6. The minimum atomic E-state index is -3.54. The van der Waals surface area contributed by atoms with Gasteiger partial charge in [-0.05, 0) is 32.3 Å². The van der Waals surface area contributed by atoms with Crippen LogP contribution in [0.3, 0.4) is 0 Å². The van der Waals surface area contributed by atoms with E-state index in [1.165, 1.54) is 15.9 Å². The third-order valence-corrected chi connectivity index (χ3v) is 7.69. The normalized spacial score (nSPS) is 17.5. The second kappa shape index (κ2) is 8.75. The highest BCUT2D eigenvalue weighted by atomic mass is 32.2. The highest BCUT2D eigenvalue weighted by Gasteiger charge is 2.25. The fourth-order valence-corrected chi connectivity index (χ4v) is 5.16. The van der Waals surface area contributed by atoms with Gasteiger partial charge in [-0.2, -0.15) is 5.10 Å². The van der Waals surface area contributed by atoms with E-state index in [2.05, 4.69) is 35.0 Å². The van der Waals surface area contributed by atoms with Crippen molar-refractivity contribution in [3.8, 4) is 0 Å². The Bertz CT molecular complexity index is 1310. The zero-order valence-electron chi connectivity index (χ0n) is 18.9. The third-order valence-electron chi connectivity index (χ3n) is 6.10. The number of imidazole rings is 1. The predicted molar refractivity (Wildman–Crippen MR) is 130 cm³/mol. The van der Waals surface area contributed by atoms with E-state index in [4.69, 9.17) is 14.8 Å². The van der Waals surface area contributed by atoms with E-state index < -0.39 is 10.0 Å². The molecule has 0 atom stereocenters. The van der Waals surface area contributed by atoms with Crippen LogP contribution in [0, 0.1) is 6.92 Å². The number of benzene rings is 1. The lowest BCUT2D eigenvalue weighted by molar-refractivity contribution is 0.123. The van der Waals surface area contributed by atoms with Crippen LogP contribution in [0.5, 0.6) is 0 Å². The number of pyridine rings is 1. The van der Waals surface area contributed by atoms with Crippen molar-refractivity contribution in [1.82, 2.24) is 13.9 Å². The lowest BCUT2D eigenvalue weighted by atomic mass is 10.0. The number of hydrazone groups is 1. The summed E-state index contributed by atoms with van der Waals surface area (Å²) in [5.74, 6) is 0.596. The second-order valence-corrected chi connectivity index (χ2v) is 10.5. The van der Waals surface area contributed by atoms with Gasteiger partial charge < -0.3 is 9.64 Å². The molecule has 3 aromatic rings. The van der Waals surface area contributed by atoms with Crippen molar-refractivity contribution in [2.75, 3.05) is 48.5 Å². The molecule has 0 radical (unpaired) electrons. The molecule has 174 valence electrons. The van der Waals surface area contributed by atoms with Crippen LogP contribution in [0.4, 0.5) is 11.5 Å². The van der Waals surface area contributed by atoms with Crippen LogP contribution < -0.4 is 9.91 Å². The summed E-state index contributed by atoms with van der Waals surface area (Å²) in [6, 6.07) is 10.3. The van der Waals surface area contributed by atoms with Gasteiger partial charge in [0, 0.05) is 25.7 Å². The Balaban J connectivity index is 1.64. The molecule has 1 saturated heterocycles. The van der Waals surface area contributed by atoms with Gasteiger partial charge in [0.15, 0.2) is 11.5 Å². The summed E-state index contributed by atoms with van der Waals surface area (Å²) in [7, 11) is -3.54. The highest BCUT2D eigenvalue weighted by Crippen LogP contribution is 2.32. The Morgan fingerprint density at radius 2 is 1.94 bits per heavy atom. The van der Waals surface area contributed by atoms with Crippen molar-refractivity contribution in [2.24, 2.45) is 5.10 Å². The molecule has 0 spiro atoms. The topological polar surface area (TPSA) is 92.9 Å². The fraction of sp³-hybridized carbons (Fsp3) is 0.435. The zero-order chi connectivity index (χ0) is 23.0. The van der Waals surface area contributed by atoms with Crippen LogP contribution in [-0.2, 0) is 14.8 Å². The molecule has 9 nitrogen and oxygen atoms in total. The van der Waals surface area contributed by atoms with Gasteiger partial charge in [0.1, 0.15) is 11.8 Å². The van der Waals surface area contributed by atoms with E-state index >= 15 is 0 Å². The molecule has 2 aliphatic heterocycles. The monoisotopic (exact) mass is 468 g/mol. The van der Waals surface area contributed by atoms with Gasteiger partial charge in [-0.15, -0.1) is 0 Å². The van der Waals surface area contributed by atoms with Crippen LogP contribution in [0.2, 0.25) is 0 Å². The first kappa shape index (κ1) is 21.8. The van der Waals surface area contributed by atoms with Gasteiger partial charge >= 0.3 is 0 Å². The average Bonchev–Trinajstić information content (AvgIpc) is 3.29. The number of hydrogen-bond acceptors (Lipinski definition) is 8. The molecule has 4 heterocycles. The molecular formula is C23H28N6O3S. The van der Waals surface area contributed by atoms with Gasteiger partial charge in [0.05, 0.1) is 30.4 Å². The minimum Gasteiger partial charge on any atom is -0.378 e. The number of fused-ring (bicyclic) bond motifs is 1. The number of aryl methyl sites for hydroxylation is 1. The number of morpholine rings is 1. The molecule has 10 heteroatoms. The standard InChI is InChI=1S/C23H28N6O3S/c1-3-33(30,31)29-16-24-22-20(27-10-12-32-13-11-27)15-21(25-23(22)29)28-9-5-8-19(26-28)18-7-4-6-17(2)14-18/h4,6-7,14-16H,3,5,8-13H2,1-2H3. The van der Waals surface area contributed by atoms with E-state index in [-0.39, 0.29) is 5.75 Å². The van der Waals surface area contributed by atoms with Crippen molar-refractivity contribution in [3.63, 3.8) is 0 Å². The van der Waals surface area contributed by atoms with Crippen molar-refractivity contribution < 1.29 is 13.2 Å². The molecule has 2 aromatic heterocycles. The smallest absolute Gasteiger partial charge is 0.241 e. The van der Waals surface area contributed by atoms with Crippen molar-refractivity contribution in [1.29, 1.82) is 0 Å². The SMILES string of the molecule is CCS(=O)(=O)n1cnc2c(N3CCOCC3)cc(N3CCCC(c4cccc(C)c4)=N3)nc21. The fourth-order valence-electron chi connectivity index (χ4n) is 4.30. The lowest BCUT2D eigenvalue weighted by Gasteiger charge is -2.30. The zero-order valence-corrected chi connectivity index (χ0v) is 19.8. The first-order valence-electron chi connectivity index (χ1n) is 11.3. The van der Waals surface area contributed by atoms with E-state index in [0.717, 1.165) is 29.8 Å². The maximum absolute atomic E-state index is 12.7.